The summed E-state index contributed by atoms with van der Waals surface area (Å²) in [6.45, 7) is 0. The van der Waals surface area contributed by atoms with Crippen LogP contribution in [-0.4, -0.2) is 10.1 Å². The number of hydrogen-bond donors (Lipinski definition) is 2. The van der Waals surface area contributed by atoms with Crippen LogP contribution >= 0.6 is 0 Å². The molecular formula is C6H6N4O. The molecule has 56 valence electrons. The maximum Gasteiger partial charge on any atom is 0.261 e. The summed E-state index contributed by atoms with van der Waals surface area (Å²) in [5, 5.41) is 4.22. The molecule has 0 aromatic carbocycles. The normalized spacial score (nSPS) is 10.5. The third-order valence-corrected chi connectivity index (χ3v) is 1.39. The topological polar surface area (TPSA) is 91.0 Å². The van der Waals surface area contributed by atoms with E-state index in [1.165, 1.54) is 0 Å². The molecule has 0 atom stereocenters. The quantitative estimate of drug-likeness (QED) is 0.566. The smallest absolute Gasteiger partial charge is 0.261 e. The van der Waals surface area contributed by atoms with Crippen molar-refractivity contribution in [1.29, 1.82) is 0 Å². The van der Waals surface area contributed by atoms with Gasteiger partial charge in [-0.25, -0.2) is 0 Å². The summed E-state index contributed by atoms with van der Waals surface area (Å²) in [7, 11) is 0. The largest absolute Gasteiger partial charge is 0.384 e. The predicted octanol–water partition coefficient (Wildman–Crippen LogP) is 0.387. The van der Waals surface area contributed by atoms with Gasteiger partial charge < -0.3 is 16.0 Å². The lowest BCUT2D eigenvalue weighted by molar-refractivity contribution is 0.453. The zero-order valence-corrected chi connectivity index (χ0v) is 5.61. The maximum atomic E-state index is 5.44. The Balaban J connectivity index is 2.86. The number of nitrogens with two attached hydrogens (primary N) is 2. The number of pyridine rings is 1. The summed E-state index contributed by atoms with van der Waals surface area (Å²) in [5.74, 6) is 0.737. The van der Waals surface area contributed by atoms with E-state index in [0.29, 0.717) is 22.7 Å². The van der Waals surface area contributed by atoms with Crippen LogP contribution in [0.4, 0.5) is 11.6 Å². The minimum Gasteiger partial charge on any atom is -0.384 e. The molecule has 0 saturated heterocycles. The summed E-state index contributed by atoms with van der Waals surface area (Å²) in [6, 6.07) is 3.37. The second kappa shape index (κ2) is 1.85. The number of rotatable bonds is 0. The molecule has 4 N–H and O–H groups in total. The minimum atomic E-state index is 0.340. The van der Waals surface area contributed by atoms with Crippen molar-refractivity contribution in [2.45, 2.75) is 0 Å². The Morgan fingerprint density at radius 1 is 1.27 bits per heavy atom. The fourth-order valence-electron chi connectivity index (χ4n) is 0.861. The number of nitrogen functional groups attached to an aromatic ring is 2. The van der Waals surface area contributed by atoms with E-state index < -0.39 is 0 Å². The Morgan fingerprint density at radius 2 is 2.09 bits per heavy atom. The molecule has 0 amide bonds. The van der Waals surface area contributed by atoms with E-state index in [2.05, 4.69) is 10.1 Å². The molecule has 0 spiro atoms. The Morgan fingerprint density at radius 3 is 2.91 bits per heavy atom. The van der Waals surface area contributed by atoms with Crippen LogP contribution in [0.2, 0.25) is 0 Å². The van der Waals surface area contributed by atoms with Gasteiger partial charge in [0.05, 0.1) is 5.39 Å². The van der Waals surface area contributed by atoms with Gasteiger partial charge >= 0.3 is 0 Å². The molecule has 0 aliphatic heterocycles. The van der Waals surface area contributed by atoms with Crippen LogP contribution in [0.3, 0.4) is 0 Å². The molecule has 5 heteroatoms. The summed E-state index contributed by atoms with van der Waals surface area (Å²) in [4.78, 5) is 3.87. The van der Waals surface area contributed by atoms with Crippen molar-refractivity contribution >= 4 is 22.7 Å². The summed E-state index contributed by atoms with van der Waals surface area (Å²) < 4.78 is 4.76. The van der Waals surface area contributed by atoms with E-state index in [-0.39, 0.29) is 0 Å². The first-order chi connectivity index (χ1) is 5.27. The first-order valence-corrected chi connectivity index (χ1v) is 3.05. The molecule has 2 aromatic rings. The fraction of sp³-hybridized carbons (Fsp3) is 0. The number of hydrogen-bond acceptors (Lipinski definition) is 5. The van der Waals surface area contributed by atoms with Crippen LogP contribution in [0.25, 0.3) is 11.1 Å². The van der Waals surface area contributed by atoms with Gasteiger partial charge in [-0.05, 0) is 12.1 Å². The average Bonchev–Trinajstić information content (AvgIpc) is 2.32. The van der Waals surface area contributed by atoms with Gasteiger partial charge in [-0.15, -0.1) is 0 Å². The van der Waals surface area contributed by atoms with Gasteiger partial charge in [0.1, 0.15) is 5.82 Å². The highest BCUT2D eigenvalue weighted by Crippen LogP contribution is 2.18. The van der Waals surface area contributed by atoms with Gasteiger partial charge in [0.15, 0.2) is 5.82 Å². The Labute approximate surface area is 62.0 Å². The van der Waals surface area contributed by atoms with Crippen LogP contribution in [0.5, 0.6) is 0 Å². The highest BCUT2D eigenvalue weighted by Gasteiger charge is 2.04. The molecule has 0 radical (unpaired) electrons. The standard InChI is InChI=1S/C6H6N4O/c7-4-2-1-3-5(8)10-11-6(3)9-4/h1-2H,(H2,7,9)(H2,8,10). The Kier molecular flexibility index (Phi) is 1.00. The monoisotopic (exact) mass is 150 g/mol. The van der Waals surface area contributed by atoms with E-state index in [9.17, 15) is 0 Å². The summed E-state index contributed by atoms with van der Waals surface area (Å²) >= 11 is 0. The fourth-order valence-corrected chi connectivity index (χ4v) is 0.861. The SMILES string of the molecule is Nc1ccc2c(N)noc2n1. The Hall–Kier alpha value is -1.78. The van der Waals surface area contributed by atoms with Crippen molar-refractivity contribution < 1.29 is 4.52 Å². The van der Waals surface area contributed by atoms with E-state index in [4.69, 9.17) is 16.0 Å². The van der Waals surface area contributed by atoms with Gasteiger partial charge in [0.25, 0.3) is 5.71 Å². The lowest BCUT2D eigenvalue weighted by Crippen LogP contribution is -1.88. The molecule has 0 bridgehead atoms. The number of fused-ring (bicyclic) bond motifs is 1. The molecule has 2 aromatic heterocycles. The van der Waals surface area contributed by atoms with Gasteiger partial charge in [0, 0.05) is 0 Å². The third kappa shape index (κ3) is 0.778. The van der Waals surface area contributed by atoms with Crippen molar-refractivity contribution in [3.8, 4) is 0 Å². The average molecular weight is 150 g/mol. The van der Waals surface area contributed by atoms with E-state index in [0.717, 1.165) is 0 Å². The molecule has 0 saturated carbocycles. The first kappa shape index (κ1) is 5.96. The molecule has 2 rings (SSSR count). The van der Waals surface area contributed by atoms with Crippen LogP contribution in [0.1, 0.15) is 0 Å². The molecule has 0 aliphatic carbocycles. The lowest BCUT2D eigenvalue weighted by atomic mass is 10.3. The van der Waals surface area contributed by atoms with Gasteiger partial charge in [-0.3, -0.25) is 0 Å². The van der Waals surface area contributed by atoms with Gasteiger partial charge in [0.2, 0.25) is 0 Å². The zero-order valence-electron chi connectivity index (χ0n) is 5.61. The Bertz CT molecular complexity index is 394. The maximum absolute atomic E-state index is 5.44. The molecule has 0 aliphatic rings. The van der Waals surface area contributed by atoms with Gasteiger partial charge in [-0.2, -0.15) is 4.98 Å². The highest BCUT2D eigenvalue weighted by atomic mass is 16.5. The second-order valence-corrected chi connectivity index (χ2v) is 2.16. The van der Waals surface area contributed by atoms with Crippen molar-refractivity contribution in [1.82, 2.24) is 10.1 Å². The van der Waals surface area contributed by atoms with Crippen LogP contribution < -0.4 is 11.5 Å². The number of aromatic nitrogens is 2. The number of anilines is 2. The molecular weight excluding hydrogens is 144 g/mol. The first-order valence-electron chi connectivity index (χ1n) is 3.05. The minimum absolute atomic E-state index is 0.340. The van der Waals surface area contributed by atoms with Crippen molar-refractivity contribution in [3.63, 3.8) is 0 Å². The van der Waals surface area contributed by atoms with E-state index >= 15 is 0 Å². The predicted molar refractivity (Wildman–Crippen MR) is 40.6 cm³/mol. The van der Waals surface area contributed by atoms with Crippen molar-refractivity contribution in [3.05, 3.63) is 12.1 Å². The van der Waals surface area contributed by atoms with Gasteiger partial charge in [-0.1, -0.05) is 5.16 Å². The second-order valence-electron chi connectivity index (χ2n) is 2.16. The lowest BCUT2D eigenvalue weighted by Gasteiger charge is -1.88. The zero-order chi connectivity index (χ0) is 7.84. The molecule has 0 fully saturated rings. The molecule has 11 heavy (non-hydrogen) atoms. The number of nitrogens with zero attached hydrogens (tertiary/aromatic N) is 2. The van der Waals surface area contributed by atoms with Crippen molar-refractivity contribution in [2.24, 2.45) is 0 Å². The highest BCUT2D eigenvalue weighted by molar-refractivity contribution is 5.84. The molecule has 0 unspecified atom stereocenters. The van der Waals surface area contributed by atoms with Crippen molar-refractivity contribution in [2.75, 3.05) is 11.5 Å². The van der Waals surface area contributed by atoms with E-state index in [1.54, 1.807) is 12.1 Å². The summed E-state index contributed by atoms with van der Waals surface area (Å²) in [5.41, 5.74) is 11.2. The van der Waals surface area contributed by atoms with Crippen LogP contribution in [-0.2, 0) is 0 Å². The van der Waals surface area contributed by atoms with Crippen LogP contribution in [0.15, 0.2) is 16.7 Å². The third-order valence-electron chi connectivity index (χ3n) is 1.39. The van der Waals surface area contributed by atoms with Crippen LogP contribution in [0, 0.1) is 0 Å². The molecule has 5 nitrogen and oxygen atoms in total. The van der Waals surface area contributed by atoms with E-state index in [1.807, 2.05) is 0 Å². The molecule has 2 heterocycles. The summed E-state index contributed by atoms with van der Waals surface area (Å²) in [6.07, 6.45) is 0.